The maximum Gasteiger partial charge on any atom is 0.327 e. The number of aromatic nitrogens is 4. The predicted octanol–water partition coefficient (Wildman–Crippen LogP) is -0.180. The summed E-state index contributed by atoms with van der Waals surface area (Å²) < 4.78 is 23.2. The predicted molar refractivity (Wildman–Crippen MR) is 85.5 cm³/mol. The molecule has 0 saturated carbocycles. The van der Waals surface area contributed by atoms with E-state index < -0.39 is 19.4 Å². The van der Waals surface area contributed by atoms with Gasteiger partial charge in [-0.25, -0.2) is 4.98 Å². The average Bonchev–Trinajstić information content (AvgIpc) is 2.87. The monoisotopic (exact) mass is 361 g/mol. The third-order valence-corrected chi connectivity index (χ3v) is 4.12. The van der Waals surface area contributed by atoms with E-state index in [2.05, 4.69) is 15.0 Å². The highest BCUT2D eigenvalue weighted by atomic mass is 31.2. The van der Waals surface area contributed by atoms with Crippen LogP contribution in [0.15, 0.2) is 11.1 Å². The molecule has 0 radical (unpaired) electrons. The van der Waals surface area contributed by atoms with Crippen LogP contribution in [0.5, 0.6) is 0 Å². The molecule has 0 aliphatic rings. The molecule has 12 heteroatoms. The summed E-state index contributed by atoms with van der Waals surface area (Å²) in [7, 11) is -2.61. The fourth-order valence-corrected chi connectivity index (χ4v) is 2.55. The van der Waals surface area contributed by atoms with E-state index in [1.165, 1.54) is 13.4 Å². The minimum absolute atomic E-state index is 0.0324. The Kier molecular flexibility index (Phi) is 5.73. The van der Waals surface area contributed by atoms with E-state index in [0.29, 0.717) is 6.42 Å². The van der Waals surface area contributed by atoms with Crippen LogP contribution >= 0.6 is 7.60 Å². The highest BCUT2D eigenvalue weighted by molar-refractivity contribution is 7.51. The first-order chi connectivity index (χ1) is 11.2. The van der Waals surface area contributed by atoms with Gasteiger partial charge in [0.25, 0.3) is 5.56 Å². The van der Waals surface area contributed by atoms with Gasteiger partial charge in [0.2, 0.25) is 5.95 Å². The second kappa shape index (κ2) is 7.41. The zero-order chi connectivity index (χ0) is 17.9. The summed E-state index contributed by atoms with van der Waals surface area (Å²) in [5, 5.41) is 0. The summed E-state index contributed by atoms with van der Waals surface area (Å²) in [6.07, 6.45) is 0.545. The van der Waals surface area contributed by atoms with Crippen LogP contribution in [-0.2, 0) is 14.0 Å². The number of hydrogen-bond donors (Lipinski definition) is 4. The van der Waals surface area contributed by atoms with Crippen LogP contribution in [-0.4, -0.2) is 55.3 Å². The van der Waals surface area contributed by atoms with Crippen molar-refractivity contribution in [3.63, 3.8) is 0 Å². The molecule has 0 bridgehead atoms. The summed E-state index contributed by atoms with van der Waals surface area (Å²) in [5.74, 6) is -0.0324. The molecule has 0 saturated heterocycles. The number of nitrogens with zero attached hydrogens (tertiary/aromatic N) is 3. The van der Waals surface area contributed by atoms with Crippen LogP contribution in [0.4, 0.5) is 5.95 Å². The number of aromatic amines is 1. The van der Waals surface area contributed by atoms with Gasteiger partial charge in [0.15, 0.2) is 11.2 Å². The summed E-state index contributed by atoms with van der Waals surface area (Å²) in [5.41, 5.74) is 5.53. The van der Waals surface area contributed by atoms with Crippen LogP contribution in [0.2, 0.25) is 0 Å². The number of anilines is 1. The first kappa shape index (κ1) is 18.6. The van der Waals surface area contributed by atoms with Crippen LogP contribution in [0.25, 0.3) is 11.2 Å². The van der Waals surface area contributed by atoms with Gasteiger partial charge in [-0.2, -0.15) is 4.98 Å². The molecule has 0 fully saturated rings. The highest BCUT2D eigenvalue weighted by Crippen LogP contribution is 2.33. The topological polar surface area (TPSA) is 166 Å². The third kappa shape index (κ3) is 4.62. The number of methoxy groups -OCH3 is 1. The maximum absolute atomic E-state index is 11.8. The number of hydrogen-bond acceptors (Lipinski definition) is 7. The first-order valence-corrected chi connectivity index (χ1v) is 8.92. The fraction of sp³-hybridized carbons (Fsp3) is 0.583. The molecule has 2 aromatic heterocycles. The Morgan fingerprint density at radius 1 is 1.50 bits per heavy atom. The smallest absolute Gasteiger partial charge is 0.327 e. The minimum Gasteiger partial charge on any atom is -0.378 e. The SMILES string of the molecule is CO[C@H](C[C@@H](C)OCCP(=O)(O)O)n1cnc2c(=O)[nH]c(N)nc21. The van der Waals surface area contributed by atoms with Crippen LogP contribution in [0, 0.1) is 0 Å². The number of rotatable bonds is 8. The molecule has 0 spiro atoms. The van der Waals surface area contributed by atoms with Gasteiger partial charge in [-0.1, -0.05) is 0 Å². The van der Waals surface area contributed by atoms with Gasteiger partial charge in [-0.05, 0) is 6.92 Å². The minimum atomic E-state index is -4.09. The molecule has 0 amide bonds. The number of ether oxygens (including phenoxy) is 2. The molecule has 11 nitrogen and oxygen atoms in total. The van der Waals surface area contributed by atoms with Crippen molar-refractivity contribution >= 4 is 24.7 Å². The zero-order valence-electron chi connectivity index (χ0n) is 13.2. The quantitative estimate of drug-likeness (QED) is 0.466. The Balaban J connectivity index is 2.11. The van der Waals surface area contributed by atoms with Crippen molar-refractivity contribution < 1.29 is 23.8 Å². The molecule has 2 heterocycles. The Morgan fingerprint density at radius 2 is 2.21 bits per heavy atom. The van der Waals surface area contributed by atoms with Gasteiger partial charge < -0.3 is 25.0 Å². The summed E-state index contributed by atoms with van der Waals surface area (Å²) in [6.45, 7) is 1.68. The molecule has 0 aliphatic carbocycles. The second-order valence-electron chi connectivity index (χ2n) is 5.27. The first-order valence-electron chi connectivity index (χ1n) is 7.12. The van der Waals surface area contributed by atoms with Crippen LogP contribution < -0.4 is 11.3 Å². The normalized spacial score (nSPS) is 14.8. The van der Waals surface area contributed by atoms with Gasteiger partial charge in [-0.3, -0.25) is 18.9 Å². The molecule has 5 N–H and O–H groups in total. The van der Waals surface area contributed by atoms with Gasteiger partial charge in [-0.15, -0.1) is 0 Å². The summed E-state index contributed by atoms with van der Waals surface area (Å²) in [6, 6.07) is 0. The molecule has 2 aromatic rings. The number of nitrogens with one attached hydrogen (secondary N) is 1. The van der Waals surface area contributed by atoms with Crippen molar-refractivity contribution in [3.8, 4) is 0 Å². The van der Waals surface area contributed by atoms with Crippen molar-refractivity contribution in [2.75, 3.05) is 25.6 Å². The van der Waals surface area contributed by atoms with Gasteiger partial charge >= 0.3 is 7.60 Å². The van der Waals surface area contributed by atoms with Crippen LogP contribution in [0.1, 0.15) is 19.6 Å². The number of fused-ring (bicyclic) bond motifs is 1. The lowest BCUT2D eigenvalue weighted by Crippen LogP contribution is -2.21. The average molecular weight is 361 g/mol. The Labute approximate surface area is 137 Å². The molecule has 0 aromatic carbocycles. The van der Waals surface area contributed by atoms with Crippen molar-refractivity contribution in [1.82, 2.24) is 19.5 Å². The maximum atomic E-state index is 11.8. The van der Waals surface area contributed by atoms with E-state index in [-0.39, 0.29) is 36.0 Å². The lowest BCUT2D eigenvalue weighted by atomic mass is 10.2. The standard InChI is InChI=1S/C12H20N5O6P/c1-7(23-3-4-24(19,20)21)5-8(22-2)17-6-14-9-10(17)15-12(13)16-11(9)18/h6-8H,3-5H2,1-2H3,(H2,19,20,21)(H3,13,15,16,18)/t7-,8-/m1/s1. The van der Waals surface area contributed by atoms with Crippen molar-refractivity contribution in [3.05, 3.63) is 16.7 Å². The summed E-state index contributed by atoms with van der Waals surface area (Å²) in [4.78, 5) is 39.9. The molecule has 0 unspecified atom stereocenters. The largest absolute Gasteiger partial charge is 0.378 e. The van der Waals surface area contributed by atoms with E-state index >= 15 is 0 Å². The Bertz CT molecular complexity index is 799. The van der Waals surface area contributed by atoms with Crippen LogP contribution in [0.3, 0.4) is 0 Å². The Hall–Kier alpha value is -1.78. The van der Waals surface area contributed by atoms with Gasteiger partial charge in [0.05, 0.1) is 25.2 Å². The Morgan fingerprint density at radius 3 is 2.83 bits per heavy atom. The van der Waals surface area contributed by atoms with Gasteiger partial charge in [0, 0.05) is 13.5 Å². The van der Waals surface area contributed by atoms with E-state index in [4.69, 9.17) is 25.0 Å². The molecule has 2 atom stereocenters. The van der Waals surface area contributed by atoms with Crippen molar-refractivity contribution in [2.45, 2.75) is 25.7 Å². The third-order valence-electron chi connectivity index (χ3n) is 3.35. The molecule has 134 valence electrons. The lowest BCUT2D eigenvalue weighted by molar-refractivity contribution is -0.0186. The van der Waals surface area contributed by atoms with Crippen molar-refractivity contribution in [2.24, 2.45) is 0 Å². The highest BCUT2D eigenvalue weighted by Gasteiger charge is 2.20. The molecule has 2 rings (SSSR count). The molecule has 0 aliphatic heterocycles. The van der Waals surface area contributed by atoms with E-state index in [9.17, 15) is 9.36 Å². The number of H-pyrrole nitrogens is 1. The fourth-order valence-electron chi connectivity index (χ4n) is 2.20. The second-order valence-corrected chi connectivity index (χ2v) is 7.05. The molecular formula is C12H20N5O6P. The van der Waals surface area contributed by atoms with Gasteiger partial charge in [0.1, 0.15) is 6.23 Å². The van der Waals surface area contributed by atoms with Crippen molar-refractivity contribution in [1.29, 1.82) is 0 Å². The summed E-state index contributed by atoms with van der Waals surface area (Å²) >= 11 is 0. The number of nitrogens with two attached hydrogens (primary N) is 1. The van der Waals surface area contributed by atoms with E-state index in [1.54, 1.807) is 11.5 Å². The van der Waals surface area contributed by atoms with E-state index in [0.717, 1.165) is 0 Å². The zero-order valence-corrected chi connectivity index (χ0v) is 14.1. The molecular weight excluding hydrogens is 341 g/mol. The number of imidazole rings is 1. The van der Waals surface area contributed by atoms with E-state index in [1.807, 2.05) is 0 Å². The number of nitrogen functional groups attached to an aromatic ring is 1. The lowest BCUT2D eigenvalue weighted by Gasteiger charge is -2.21. The molecule has 24 heavy (non-hydrogen) atoms.